The van der Waals surface area contributed by atoms with E-state index in [0.29, 0.717) is 22.6 Å². The lowest BCUT2D eigenvalue weighted by atomic mass is 9.85. The molecule has 0 aliphatic carbocycles. The molecule has 1 fully saturated rings. The normalized spacial score (nSPS) is 17.4. The number of aliphatic hydroxyl groups is 1. The molecule has 1 aliphatic heterocycles. The fraction of sp³-hybridized carbons (Fsp3) is 0.267. The summed E-state index contributed by atoms with van der Waals surface area (Å²) in [6.45, 7) is 9.92. The van der Waals surface area contributed by atoms with E-state index in [0.717, 1.165) is 16.7 Å². The maximum absolute atomic E-state index is 13.6. The standard InChI is InChI=1S/C30H30ClNO5/c1-16-11-17(2)13-20(12-16)32-26(18-7-9-23(33)22(31)14-18)25(28(35)29(32)36)27(34)21-15-19(30(3,4)5)8-10-24(21)37-6/h7-15,26,33-34H,1-6H3/b27-25+. The summed E-state index contributed by atoms with van der Waals surface area (Å²) in [5.74, 6) is -1.71. The number of halogens is 1. The zero-order valence-corrected chi connectivity index (χ0v) is 22.5. The molecule has 0 saturated carbocycles. The number of hydrogen-bond acceptors (Lipinski definition) is 5. The van der Waals surface area contributed by atoms with Gasteiger partial charge < -0.3 is 14.9 Å². The van der Waals surface area contributed by atoms with Gasteiger partial charge in [0, 0.05) is 5.69 Å². The molecule has 7 heteroatoms. The molecule has 0 spiro atoms. The summed E-state index contributed by atoms with van der Waals surface area (Å²) < 4.78 is 5.52. The molecule has 0 bridgehead atoms. The third-order valence-corrected chi connectivity index (χ3v) is 6.84. The van der Waals surface area contributed by atoms with Crippen LogP contribution in [-0.2, 0) is 15.0 Å². The van der Waals surface area contributed by atoms with Gasteiger partial charge in [-0.15, -0.1) is 0 Å². The Kier molecular flexibility index (Phi) is 6.82. The summed E-state index contributed by atoms with van der Waals surface area (Å²) in [6.07, 6.45) is 0. The lowest BCUT2D eigenvalue weighted by Crippen LogP contribution is -2.29. The van der Waals surface area contributed by atoms with Crippen LogP contribution in [0.1, 0.15) is 54.6 Å². The Morgan fingerprint density at radius 3 is 2.19 bits per heavy atom. The van der Waals surface area contributed by atoms with E-state index < -0.39 is 17.7 Å². The molecule has 6 nitrogen and oxygen atoms in total. The number of benzene rings is 3. The van der Waals surface area contributed by atoms with Crippen molar-refractivity contribution in [2.24, 2.45) is 0 Å². The number of aryl methyl sites for hydroxylation is 2. The minimum Gasteiger partial charge on any atom is -0.507 e. The molecule has 2 N–H and O–H groups in total. The van der Waals surface area contributed by atoms with Crippen LogP contribution in [0.3, 0.4) is 0 Å². The van der Waals surface area contributed by atoms with Crippen molar-refractivity contribution in [3.63, 3.8) is 0 Å². The van der Waals surface area contributed by atoms with Gasteiger partial charge in [-0.1, -0.05) is 50.6 Å². The Morgan fingerprint density at radius 1 is 0.973 bits per heavy atom. The number of ketones is 1. The van der Waals surface area contributed by atoms with E-state index in [1.807, 2.05) is 58.9 Å². The summed E-state index contributed by atoms with van der Waals surface area (Å²) in [6, 6.07) is 14.5. The van der Waals surface area contributed by atoms with Gasteiger partial charge in [-0.2, -0.15) is 0 Å². The summed E-state index contributed by atoms with van der Waals surface area (Å²) in [4.78, 5) is 28.4. The number of nitrogens with zero attached hydrogens (tertiary/aromatic N) is 1. The molecule has 3 aromatic rings. The molecule has 0 aromatic heterocycles. The number of phenols is 1. The molecule has 0 radical (unpaired) electrons. The van der Waals surface area contributed by atoms with Gasteiger partial charge in [-0.3, -0.25) is 14.5 Å². The topological polar surface area (TPSA) is 87.1 Å². The van der Waals surface area contributed by atoms with Crippen LogP contribution in [0, 0.1) is 13.8 Å². The number of aromatic hydroxyl groups is 1. The van der Waals surface area contributed by atoms with Crippen molar-refractivity contribution in [1.82, 2.24) is 0 Å². The predicted molar refractivity (Wildman–Crippen MR) is 146 cm³/mol. The highest BCUT2D eigenvalue weighted by molar-refractivity contribution is 6.51. The molecule has 1 amide bonds. The van der Waals surface area contributed by atoms with Crippen LogP contribution in [0.5, 0.6) is 11.5 Å². The smallest absolute Gasteiger partial charge is 0.300 e. The van der Waals surface area contributed by atoms with Crippen LogP contribution in [0.4, 0.5) is 5.69 Å². The highest BCUT2D eigenvalue weighted by atomic mass is 35.5. The largest absolute Gasteiger partial charge is 0.507 e. The fourth-order valence-corrected chi connectivity index (χ4v) is 4.89. The number of phenolic OH excluding ortho intramolecular Hbond substituents is 1. The van der Waals surface area contributed by atoms with Gasteiger partial charge in [-0.05, 0) is 77.9 Å². The van der Waals surface area contributed by atoms with Crippen LogP contribution in [0.15, 0.2) is 60.2 Å². The number of aliphatic hydroxyl groups excluding tert-OH is 1. The number of anilines is 1. The first-order chi connectivity index (χ1) is 17.3. The van der Waals surface area contributed by atoms with Gasteiger partial charge in [0.25, 0.3) is 11.7 Å². The van der Waals surface area contributed by atoms with Crippen molar-refractivity contribution in [1.29, 1.82) is 0 Å². The SMILES string of the molecule is COc1ccc(C(C)(C)C)cc1/C(O)=C1\C(=O)C(=O)N(c2cc(C)cc(C)c2)C1c1ccc(O)c(Cl)c1. The minimum absolute atomic E-state index is 0.0656. The second-order valence-electron chi connectivity index (χ2n) is 10.4. The van der Waals surface area contributed by atoms with Crippen molar-refractivity contribution in [2.45, 2.75) is 46.1 Å². The maximum atomic E-state index is 13.6. The molecule has 4 rings (SSSR count). The van der Waals surface area contributed by atoms with Gasteiger partial charge in [0.05, 0.1) is 29.3 Å². The fourth-order valence-electron chi connectivity index (χ4n) is 4.70. The van der Waals surface area contributed by atoms with Crippen LogP contribution in [0.2, 0.25) is 5.02 Å². The van der Waals surface area contributed by atoms with Crippen LogP contribution in [0.25, 0.3) is 5.76 Å². The Labute approximate surface area is 221 Å². The number of ether oxygens (including phenoxy) is 1. The van der Waals surface area contributed by atoms with E-state index in [1.165, 1.54) is 24.1 Å². The zero-order valence-electron chi connectivity index (χ0n) is 21.7. The Hall–Kier alpha value is -3.77. The monoisotopic (exact) mass is 519 g/mol. The minimum atomic E-state index is -0.984. The number of Topliss-reactive ketones (excluding diaryl/α,β-unsaturated/α-hetero) is 1. The Morgan fingerprint density at radius 2 is 1.62 bits per heavy atom. The highest BCUT2D eigenvalue weighted by Gasteiger charge is 2.47. The highest BCUT2D eigenvalue weighted by Crippen LogP contribution is 2.45. The number of methoxy groups -OCH3 is 1. The molecular weight excluding hydrogens is 490 g/mol. The first-order valence-electron chi connectivity index (χ1n) is 11.9. The van der Waals surface area contributed by atoms with Gasteiger partial charge in [-0.25, -0.2) is 0 Å². The van der Waals surface area contributed by atoms with Crippen molar-refractivity contribution < 1.29 is 24.5 Å². The molecule has 1 unspecified atom stereocenters. The van der Waals surface area contributed by atoms with Gasteiger partial charge in [0.2, 0.25) is 0 Å². The van der Waals surface area contributed by atoms with E-state index in [1.54, 1.807) is 18.2 Å². The first kappa shape index (κ1) is 26.3. The number of carbonyl (C=O) groups is 2. The summed E-state index contributed by atoms with van der Waals surface area (Å²) in [7, 11) is 1.48. The molecule has 3 aromatic carbocycles. The van der Waals surface area contributed by atoms with Gasteiger partial charge in [0.1, 0.15) is 17.3 Å². The third kappa shape index (κ3) is 4.81. The van der Waals surface area contributed by atoms with Crippen LogP contribution >= 0.6 is 11.6 Å². The van der Waals surface area contributed by atoms with E-state index in [2.05, 4.69) is 0 Å². The number of amides is 1. The van der Waals surface area contributed by atoms with Crippen molar-refractivity contribution in [2.75, 3.05) is 12.0 Å². The second kappa shape index (κ2) is 9.60. The third-order valence-electron chi connectivity index (χ3n) is 6.54. The number of carbonyl (C=O) groups excluding carboxylic acids is 2. The zero-order chi connectivity index (χ0) is 27.2. The van der Waals surface area contributed by atoms with Crippen molar-refractivity contribution in [3.05, 3.63) is 93.0 Å². The molecule has 1 atom stereocenters. The van der Waals surface area contributed by atoms with E-state index in [9.17, 15) is 19.8 Å². The summed E-state index contributed by atoms with van der Waals surface area (Å²) in [5.41, 5.74) is 3.71. The molecule has 1 saturated heterocycles. The van der Waals surface area contributed by atoms with E-state index in [-0.39, 0.29) is 27.5 Å². The van der Waals surface area contributed by atoms with E-state index in [4.69, 9.17) is 16.3 Å². The average Bonchev–Trinajstić information content (AvgIpc) is 3.09. The lowest BCUT2D eigenvalue weighted by Gasteiger charge is -2.27. The van der Waals surface area contributed by atoms with Crippen LogP contribution < -0.4 is 9.64 Å². The van der Waals surface area contributed by atoms with Crippen molar-refractivity contribution >= 4 is 34.7 Å². The molecular formula is C30H30ClNO5. The maximum Gasteiger partial charge on any atom is 0.300 e. The Bertz CT molecular complexity index is 1430. The Balaban J connectivity index is 2.04. The van der Waals surface area contributed by atoms with Gasteiger partial charge in [0.15, 0.2) is 0 Å². The molecule has 192 valence electrons. The average molecular weight is 520 g/mol. The second-order valence-corrected chi connectivity index (χ2v) is 10.8. The number of hydrogen-bond donors (Lipinski definition) is 2. The summed E-state index contributed by atoms with van der Waals surface area (Å²) in [5, 5.41) is 21.7. The quantitative estimate of drug-likeness (QED) is 0.230. The molecule has 37 heavy (non-hydrogen) atoms. The number of rotatable bonds is 4. The summed E-state index contributed by atoms with van der Waals surface area (Å²) >= 11 is 6.24. The predicted octanol–water partition coefficient (Wildman–Crippen LogP) is 6.59. The first-order valence-corrected chi connectivity index (χ1v) is 12.3. The van der Waals surface area contributed by atoms with Gasteiger partial charge >= 0.3 is 0 Å². The van der Waals surface area contributed by atoms with Crippen LogP contribution in [-0.4, -0.2) is 29.0 Å². The molecule has 1 heterocycles. The lowest BCUT2D eigenvalue weighted by molar-refractivity contribution is -0.132. The molecule has 1 aliphatic rings. The van der Waals surface area contributed by atoms with Crippen molar-refractivity contribution in [3.8, 4) is 11.5 Å². The van der Waals surface area contributed by atoms with E-state index >= 15 is 0 Å².